The van der Waals surface area contributed by atoms with Gasteiger partial charge in [-0.25, -0.2) is 0 Å². The third-order valence-electron chi connectivity index (χ3n) is 2.63. The van der Waals surface area contributed by atoms with Gasteiger partial charge in [0.15, 0.2) is 11.5 Å². The summed E-state index contributed by atoms with van der Waals surface area (Å²) in [5.74, 6) is 1.50. The van der Waals surface area contributed by atoms with Crippen molar-refractivity contribution < 1.29 is 18.8 Å². The number of rotatable bonds is 2. The maximum absolute atomic E-state index is 11.9. The van der Waals surface area contributed by atoms with Gasteiger partial charge in [-0.05, 0) is 19.1 Å². The molecular formula is C12H10N2O4. The molecule has 92 valence electrons. The Morgan fingerprint density at radius 3 is 2.94 bits per heavy atom. The quantitative estimate of drug-likeness (QED) is 0.876. The Morgan fingerprint density at radius 2 is 2.17 bits per heavy atom. The lowest BCUT2D eigenvalue weighted by atomic mass is 10.2. The van der Waals surface area contributed by atoms with Crippen molar-refractivity contribution in [3.8, 4) is 11.5 Å². The van der Waals surface area contributed by atoms with Crippen LogP contribution in [0.25, 0.3) is 0 Å². The van der Waals surface area contributed by atoms with Crippen molar-refractivity contribution in [2.24, 2.45) is 0 Å². The molecule has 1 amide bonds. The summed E-state index contributed by atoms with van der Waals surface area (Å²) >= 11 is 0. The number of carbonyl (C=O) groups excluding carboxylic acids is 1. The van der Waals surface area contributed by atoms with Crippen LogP contribution in [0.5, 0.6) is 11.5 Å². The molecule has 0 radical (unpaired) electrons. The molecule has 0 fully saturated rings. The van der Waals surface area contributed by atoms with Crippen LogP contribution < -0.4 is 14.8 Å². The van der Waals surface area contributed by atoms with Gasteiger partial charge in [0.05, 0.1) is 6.20 Å². The number of carbonyl (C=O) groups is 1. The summed E-state index contributed by atoms with van der Waals surface area (Å²) in [4.78, 5) is 11.9. The minimum Gasteiger partial charge on any atom is -0.454 e. The second-order valence-electron chi connectivity index (χ2n) is 3.82. The van der Waals surface area contributed by atoms with Crippen LogP contribution in [-0.4, -0.2) is 17.9 Å². The minimum atomic E-state index is -0.271. The zero-order valence-corrected chi connectivity index (χ0v) is 9.60. The fraction of sp³-hybridized carbons (Fsp3) is 0.167. The van der Waals surface area contributed by atoms with Crippen LogP contribution in [0.4, 0.5) is 5.69 Å². The lowest BCUT2D eigenvalue weighted by Crippen LogP contribution is -2.11. The van der Waals surface area contributed by atoms with E-state index >= 15 is 0 Å². The number of hydrogen-bond acceptors (Lipinski definition) is 5. The number of ether oxygens (including phenoxy) is 2. The van der Waals surface area contributed by atoms with Gasteiger partial charge < -0.3 is 19.3 Å². The highest BCUT2D eigenvalue weighted by molar-refractivity contribution is 6.04. The van der Waals surface area contributed by atoms with Crippen molar-refractivity contribution in [3.63, 3.8) is 0 Å². The maximum Gasteiger partial charge on any atom is 0.260 e. The molecule has 1 N–H and O–H groups in total. The number of benzene rings is 1. The Morgan fingerprint density at radius 1 is 1.33 bits per heavy atom. The highest BCUT2D eigenvalue weighted by Crippen LogP contribution is 2.34. The van der Waals surface area contributed by atoms with Crippen LogP contribution in [0.15, 0.2) is 28.9 Å². The van der Waals surface area contributed by atoms with E-state index in [0.29, 0.717) is 28.5 Å². The normalized spacial score (nSPS) is 12.5. The Hall–Kier alpha value is -2.50. The molecule has 1 aliphatic rings. The Balaban J connectivity index is 1.81. The number of fused-ring (bicyclic) bond motifs is 1. The molecule has 0 unspecified atom stereocenters. The van der Waals surface area contributed by atoms with Gasteiger partial charge in [-0.3, -0.25) is 4.79 Å². The second-order valence-corrected chi connectivity index (χ2v) is 3.82. The molecule has 0 saturated carbocycles. The van der Waals surface area contributed by atoms with Crippen molar-refractivity contribution in [2.75, 3.05) is 12.1 Å². The largest absolute Gasteiger partial charge is 0.454 e. The van der Waals surface area contributed by atoms with Crippen molar-refractivity contribution in [2.45, 2.75) is 6.92 Å². The second kappa shape index (κ2) is 4.06. The molecule has 6 heteroatoms. The first-order valence-electron chi connectivity index (χ1n) is 5.36. The molecule has 1 aliphatic heterocycles. The molecule has 0 bridgehead atoms. The highest BCUT2D eigenvalue weighted by atomic mass is 16.7. The third-order valence-corrected chi connectivity index (χ3v) is 2.63. The minimum absolute atomic E-state index is 0.206. The highest BCUT2D eigenvalue weighted by Gasteiger charge is 2.16. The Kier molecular flexibility index (Phi) is 2.40. The van der Waals surface area contributed by atoms with Crippen LogP contribution in [0.3, 0.4) is 0 Å². The molecule has 18 heavy (non-hydrogen) atoms. The van der Waals surface area contributed by atoms with Crippen molar-refractivity contribution in [1.82, 2.24) is 5.16 Å². The first-order valence-corrected chi connectivity index (χ1v) is 5.36. The number of aromatic nitrogens is 1. The average molecular weight is 246 g/mol. The number of nitrogens with zero attached hydrogens (tertiary/aromatic N) is 1. The number of hydrogen-bond donors (Lipinski definition) is 1. The maximum atomic E-state index is 11.9. The molecule has 1 aromatic carbocycles. The van der Waals surface area contributed by atoms with Gasteiger partial charge in [-0.15, -0.1) is 0 Å². The molecule has 2 aromatic rings. The van der Waals surface area contributed by atoms with E-state index in [1.54, 1.807) is 25.1 Å². The summed E-state index contributed by atoms with van der Waals surface area (Å²) in [7, 11) is 0. The van der Waals surface area contributed by atoms with Crippen molar-refractivity contribution in [3.05, 3.63) is 35.7 Å². The molecule has 3 rings (SSSR count). The lowest BCUT2D eigenvalue weighted by Gasteiger charge is -2.04. The smallest absolute Gasteiger partial charge is 0.260 e. The predicted molar refractivity (Wildman–Crippen MR) is 61.8 cm³/mol. The molecule has 2 heterocycles. The summed E-state index contributed by atoms with van der Waals surface area (Å²) < 4.78 is 15.3. The monoisotopic (exact) mass is 246 g/mol. The molecule has 0 spiro atoms. The van der Waals surface area contributed by atoms with E-state index in [9.17, 15) is 4.79 Å². The van der Waals surface area contributed by atoms with Gasteiger partial charge in [0.2, 0.25) is 6.79 Å². The molecule has 0 atom stereocenters. The van der Waals surface area contributed by atoms with E-state index in [1.807, 2.05) is 0 Å². The zero-order valence-electron chi connectivity index (χ0n) is 9.60. The van der Waals surface area contributed by atoms with Crippen LogP contribution in [-0.2, 0) is 0 Å². The van der Waals surface area contributed by atoms with Crippen LogP contribution in [0.2, 0.25) is 0 Å². The van der Waals surface area contributed by atoms with Gasteiger partial charge in [-0.1, -0.05) is 5.16 Å². The van der Waals surface area contributed by atoms with E-state index in [0.717, 1.165) is 0 Å². The van der Waals surface area contributed by atoms with Crippen LogP contribution >= 0.6 is 0 Å². The SMILES string of the molecule is Cc1oncc1C(=O)Nc1ccc2c(c1)OCO2. The van der Waals surface area contributed by atoms with E-state index in [-0.39, 0.29) is 12.7 Å². The summed E-state index contributed by atoms with van der Waals surface area (Å²) in [6.45, 7) is 1.89. The number of anilines is 1. The predicted octanol–water partition coefficient (Wildman–Crippen LogP) is 1.96. The molecule has 1 aromatic heterocycles. The molecule has 6 nitrogen and oxygen atoms in total. The summed E-state index contributed by atoms with van der Waals surface area (Å²) in [5.41, 5.74) is 1.04. The lowest BCUT2D eigenvalue weighted by molar-refractivity contribution is 0.102. The number of amides is 1. The summed E-state index contributed by atoms with van der Waals surface area (Å²) in [6.07, 6.45) is 1.39. The van der Waals surface area contributed by atoms with Crippen molar-refractivity contribution in [1.29, 1.82) is 0 Å². The van der Waals surface area contributed by atoms with E-state index in [4.69, 9.17) is 14.0 Å². The number of aryl methyl sites for hydroxylation is 1. The average Bonchev–Trinajstić information content (AvgIpc) is 2.96. The van der Waals surface area contributed by atoms with Gasteiger partial charge in [-0.2, -0.15) is 0 Å². The molecule has 0 aliphatic carbocycles. The third kappa shape index (κ3) is 1.77. The number of nitrogens with one attached hydrogen (secondary N) is 1. The van der Waals surface area contributed by atoms with Gasteiger partial charge in [0, 0.05) is 11.8 Å². The van der Waals surface area contributed by atoms with Gasteiger partial charge in [0.1, 0.15) is 11.3 Å². The fourth-order valence-electron chi connectivity index (χ4n) is 1.69. The van der Waals surface area contributed by atoms with E-state index < -0.39 is 0 Å². The van der Waals surface area contributed by atoms with Crippen LogP contribution in [0.1, 0.15) is 16.1 Å². The topological polar surface area (TPSA) is 73.6 Å². The van der Waals surface area contributed by atoms with Crippen molar-refractivity contribution >= 4 is 11.6 Å². The van der Waals surface area contributed by atoms with E-state index in [1.165, 1.54) is 6.20 Å². The van der Waals surface area contributed by atoms with Gasteiger partial charge in [0.25, 0.3) is 5.91 Å². The first-order chi connectivity index (χ1) is 8.74. The standard InChI is InChI=1S/C12H10N2O4/c1-7-9(5-13-18-7)12(15)14-8-2-3-10-11(4-8)17-6-16-10/h2-5H,6H2,1H3,(H,14,15). The first kappa shape index (κ1) is 10.6. The molecule has 0 saturated heterocycles. The fourth-order valence-corrected chi connectivity index (χ4v) is 1.69. The van der Waals surface area contributed by atoms with E-state index in [2.05, 4.69) is 10.5 Å². The summed E-state index contributed by atoms with van der Waals surface area (Å²) in [6, 6.07) is 5.20. The Bertz CT molecular complexity index is 606. The Labute approximate surface area is 102 Å². The van der Waals surface area contributed by atoms with Gasteiger partial charge >= 0.3 is 0 Å². The summed E-state index contributed by atoms with van der Waals surface area (Å²) in [5, 5.41) is 6.30. The zero-order chi connectivity index (χ0) is 12.5. The molecular weight excluding hydrogens is 236 g/mol. The van der Waals surface area contributed by atoms with Crippen LogP contribution in [0, 0.1) is 6.92 Å².